The van der Waals surface area contributed by atoms with Gasteiger partial charge in [0, 0.05) is 6.42 Å². The summed E-state index contributed by atoms with van der Waals surface area (Å²) in [6, 6.07) is 18.2. The van der Waals surface area contributed by atoms with Gasteiger partial charge in [-0.25, -0.2) is 0 Å². The average molecular weight is 380 g/mol. The summed E-state index contributed by atoms with van der Waals surface area (Å²) < 4.78 is 16.4. The third-order valence-electron chi connectivity index (χ3n) is 4.78. The van der Waals surface area contributed by atoms with E-state index in [2.05, 4.69) is 24.3 Å². The molecule has 4 nitrogen and oxygen atoms in total. The highest BCUT2D eigenvalue weighted by Crippen LogP contribution is 2.24. The van der Waals surface area contributed by atoms with E-state index in [1.807, 2.05) is 36.4 Å². The van der Waals surface area contributed by atoms with E-state index in [4.69, 9.17) is 14.2 Å². The van der Waals surface area contributed by atoms with Crippen molar-refractivity contribution in [3.8, 4) is 5.75 Å². The van der Waals surface area contributed by atoms with E-state index in [1.165, 1.54) is 5.56 Å². The van der Waals surface area contributed by atoms with Crippen LogP contribution in [0.5, 0.6) is 5.75 Å². The van der Waals surface area contributed by atoms with Crippen molar-refractivity contribution in [3.05, 3.63) is 77.9 Å². The first-order chi connectivity index (χ1) is 13.7. The Bertz CT molecular complexity index is 752. The summed E-state index contributed by atoms with van der Waals surface area (Å²) in [4.78, 5) is 12.0. The molecule has 2 aromatic carbocycles. The summed E-state index contributed by atoms with van der Waals surface area (Å²) in [6.07, 6.45) is 7.15. The van der Waals surface area contributed by atoms with Crippen molar-refractivity contribution in [2.75, 3.05) is 13.7 Å². The van der Waals surface area contributed by atoms with E-state index in [9.17, 15) is 4.79 Å². The first-order valence-corrected chi connectivity index (χ1v) is 9.85. The topological polar surface area (TPSA) is 48.1 Å². The lowest BCUT2D eigenvalue weighted by Gasteiger charge is -2.04. The SMILES string of the molecule is COc1ccc(COCC2OC2/C=C/C(=O)CCCCc2ccccc2)cc1. The number of rotatable bonds is 12. The molecule has 0 amide bonds. The molecular weight excluding hydrogens is 352 g/mol. The van der Waals surface area contributed by atoms with Gasteiger partial charge in [-0.2, -0.15) is 0 Å². The van der Waals surface area contributed by atoms with Crippen LogP contribution in [0, 0.1) is 0 Å². The summed E-state index contributed by atoms with van der Waals surface area (Å²) in [5.74, 6) is 1.01. The third kappa shape index (κ3) is 6.95. The molecule has 3 rings (SSSR count). The van der Waals surface area contributed by atoms with Crippen molar-refractivity contribution in [1.29, 1.82) is 0 Å². The second-order valence-corrected chi connectivity index (χ2v) is 7.02. The van der Waals surface area contributed by atoms with Crippen LogP contribution >= 0.6 is 0 Å². The van der Waals surface area contributed by atoms with Gasteiger partial charge < -0.3 is 14.2 Å². The summed E-state index contributed by atoms with van der Waals surface area (Å²) in [7, 11) is 1.65. The first-order valence-electron chi connectivity index (χ1n) is 9.85. The van der Waals surface area contributed by atoms with E-state index in [-0.39, 0.29) is 18.0 Å². The highest BCUT2D eigenvalue weighted by molar-refractivity contribution is 5.89. The van der Waals surface area contributed by atoms with Crippen molar-refractivity contribution >= 4 is 5.78 Å². The molecule has 2 atom stereocenters. The van der Waals surface area contributed by atoms with E-state index in [0.717, 1.165) is 30.6 Å². The number of aryl methyl sites for hydroxylation is 1. The van der Waals surface area contributed by atoms with Gasteiger partial charge in [-0.05, 0) is 54.7 Å². The van der Waals surface area contributed by atoms with Gasteiger partial charge in [-0.3, -0.25) is 4.79 Å². The second kappa shape index (κ2) is 10.8. The molecule has 0 bridgehead atoms. The normalized spacial score (nSPS) is 18.3. The average Bonchev–Trinajstić information content (AvgIpc) is 3.49. The zero-order valence-corrected chi connectivity index (χ0v) is 16.4. The number of benzene rings is 2. The zero-order valence-electron chi connectivity index (χ0n) is 16.4. The minimum atomic E-state index is 0.00383. The van der Waals surface area contributed by atoms with Crippen LogP contribution in [-0.2, 0) is 27.3 Å². The second-order valence-electron chi connectivity index (χ2n) is 7.02. The molecule has 28 heavy (non-hydrogen) atoms. The molecule has 1 saturated heterocycles. The van der Waals surface area contributed by atoms with Gasteiger partial charge in [0.05, 0.1) is 20.3 Å². The monoisotopic (exact) mass is 380 g/mol. The van der Waals surface area contributed by atoms with Crippen LogP contribution in [0.4, 0.5) is 0 Å². The molecule has 2 unspecified atom stereocenters. The van der Waals surface area contributed by atoms with Crippen LogP contribution in [0.2, 0.25) is 0 Å². The number of methoxy groups -OCH3 is 1. The molecule has 0 aliphatic carbocycles. The van der Waals surface area contributed by atoms with Gasteiger partial charge in [0.2, 0.25) is 0 Å². The van der Waals surface area contributed by atoms with Crippen LogP contribution in [-0.4, -0.2) is 31.7 Å². The van der Waals surface area contributed by atoms with Crippen molar-refractivity contribution in [3.63, 3.8) is 0 Å². The predicted octanol–water partition coefficient (Wildman–Crippen LogP) is 4.52. The number of carbonyl (C=O) groups is 1. The molecule has 0 aromatic heterocycles. The standard InChI is InChI=1S/C24H28O4/c1-26-22-14-11-20(12-15-22)17-27-18-24-23(28-24)16-13-21(25)10-6-5-9-19-7-3-2-4-8-19/h2-4,7-8,11-16,23-24H,5-6,9-10,17-18H2,1H3/b16-13+. The summed E-state index contributed by atoms with van der Waals surface area (Å²) >= 11 is 0. The minimum absolute atomic E-state index is 0.00383. The maximum absolute atomic E-state index is 12.0. The summed E-state index contributed by atoms with van der Waals surface area (Å²) in [5, 5.41) is 0. The number of ether oxygens (including phenoxy) is 3. The number of epoxide rings is 1. The van der Waals surface area contributed by atoms with Gasteiger partial charge in [-0.15, -0.1) is 0 Å². The highest BCUT2D eigenvalue weighted by atomic mass is 16.6. The molecule has 2 aromatic rings. The van der Waals surface area contributed by atoms with Crippen LogP contribution in [0.15, 0.2) is 66.7 Å². The maximum atomic E-state index is 12.0. The number of hydrogen-bond acceptors (Lipinski definition) is 4. The largest absolute Gasteiger partial charge is 0.497 e. The third-order valence-corrected chi connectivity index (χ3v) is 4.78. The lowest BCUT2D eigenvalue weighted by atomic mass is 10.1. The summed E-state index contributed by atoms with van der Waals surface area (Å²) in [6.45, 7) is 1.08. The first kappa shape index (κ1) is 20.3. The Balaban J connectivity index is 1.24. The van der Waals surface area contributed by atoms with E-state index in [0.29, 0.717) is 19.6 Å². The Labute approximate surface area is 167 Å². The number of ketones is 1. The van der Waals surface area contributed by atoms with Crippen molar-refractivity contribution in [2.45, 2.75) is 44.5 Å². The number of allylic oxidation sites excluding steroid dienone is 1. The Morgan fingerprint density at radius 2 is 1.82 bits per heavy atom. The number of unbranched alkanes of at least 4 members (excludes halogenated alkanes) is 1. The molecular formula is C24H28O4. The van der Waals surface area contributed by atoms with Gasteiger partial charge >= 0.3 is 0 Å². The Morgan fingerprint density at radius 3 is 2.57 bits per heavy atom. The summed E-state index contributed by atoms with van der Waals surface area (Å²) in [5.41, 5.74) is 2.42. The Hall–Kier alpha value is -2.43. The van der Waals surface area contributed by atoms with Crippen molar-refractivity contribution < 1.29 is 19.0 Å². The molecule has 0 spiro atoms. The molecule has 1 heterocycles. The fourth-order valence-corrected chi connectivity index (χ4v) is 3.03. The molecule has 0 N–H and O–H groups in total. The lowest BCUT2D eigenvalue weighted by Crippen LogP contribution is -2.04. The van der Waals surface area contributed by atoms with Crippen LogP contribution < -0.4 is 4.74 Å². The lowest BCUT2D eigenvalue weighted by molar-refractivity contribution is -0.114. The van der Waals surface area contributed by atoms with Crippen LogP contribution in [0.25, 0.3) is 0 Å². The molecule has 148 valence electrons. The Morgan fingerprint density at radius 1 is 1.04 bits per heavy atom. The number of hydrogen-bond donors (Lipinski definition) is 0. The van der Waals surface area contributed by atoms with E-state index >= 15 is 0 Å². The van der Waals surface area contributed by atoms with Crippen LogP contribution in [0.1, 0.15) is 30.4 Å². The van der Waals surface area contributed by atoms with Gasteiger partial charge in [0.25, 0.3) is 0 Å². The van der Waals surface area contributed by atoms with Gasteiger partial charge in [0.1, 0.15) is 18.0 Å². The smallest absolute Gasteiger partial charge is 0.155 e. The van der Waals surface area contributed by atoms with E-state index < -0.39 is 0 Å². The quantitative estimate of drug-likeness (QED) is 0.309. The van der Waals surface area contributed by atoms with E-state index in [1.54, 1.807) is 13.2 Å². The molecule has 0 radical (unpaired) electrons. The fraction of sp³-hybridized carbons (Fsp3) is 0.375. The molecule has 1 fully saturated rings. The van der Waals surface area contributed by atoms with Crippen molar-refractivity contribution in [2.24, 2.45) is 0 Å². The molecule has 0 saturated carbocycles. The molecule has 1 aliphatic rings. The fourth-order valence-electron chi connectivity index (χ4n) is 3.03. The van der Waals surface area contributed by atoms with Crippen molar-refractivity contribution in [1.82, 2.24) is 0 Å². The Kier molecular flexibility index (Phi) is 7.82. The number of carbonyl (C=O) groups excluding carboxylic acids is 1. The predicted molar refractivity (Wildman–Crippen MR) is 109 cm³/mol. The highest BCUT2D eigenvalue weighted by Gasteiger charge is 2.36. The minimum Gasteiger partial charge on any atom is -0.497 e. The maximum Gasteiger partial charge on any atom is 0.155 e. The van der Waals surface area contributed by atoms with Crippen LogP contribution in [0.3, 0.4) is 0 Å². The van der Waals surface area contributed by atoms with Gasteiger partial charge in [-0.1, -0.05) is 42.5 Å². The molecule has 1 aliphatic heterocycles. The van der Waals surface area contributed by atoms with Gasteiger partial charge in [0.15, 0.2) is 5.78 Å². The zero-order chi connectivity index (χ0) is 19.6. The molecule has 4 heteroatoms.